The smallest absolute Gasteiger partial charge is 0.0696 e. The fourth-order valence-electron chi connectivity index (χ4n) is 1.31. The Hall–Kier alpha value is -0.0800. The molecular formula is C10H23NO. The second-order valence-electron chi connectivity index (χ2n) is 3.29. The highest BCUT2D eigenvalue weighted by atomic mass is 16.5. The topological polar surface area (TPSA) is 21.3 Å². The molecular weight excluding hydrogens is 150 g/mol. The molecule has 0 rings (SSSR count). The fraction of sp³-hybridized carbons (Fsp3) is 1.00. The van der Waals surface area contributed by atoms with Crippen molar-refractivity contribution in [3.05, 3.63) is 0 Å². The Bertz CT molecular complexity index is 95.8. The minimum Gasteiger partial charge on any atom is -0.380 e. The molecule has 0 aliphatic rings. The Morgan fingerprint density at radius 3 is 2.33 bits per heavy atom. The molecule has 0 aromatic rings. The molecule has 0 amide bonds. The van der Waals surface area contributed by atoms with Crippen molar-refractivity contribution >= 4 is 0 Å². The SMILES string of the molecule is CCCNC(CCC)C(C)OC. The van der Waals surface area contributed by atoms with E-state index in [1.165, 1.54) is 19.3 Å². The molecule has 0 saturated carbocycles. The monoisotopic (exact) mass is 173 g/mol. The van der Waals surface area contributed by atoms with E-state index >= 15 is 0 Å². The van der Waals surface area contributed by atoms with Crippen LogP contribution in [0.3, 0.4) is 0 Å². The van der Waals surface area contributed by atoms with Crippen molar-refractivity contribution in [2.24, 2.45) is 0 Å². The Balaban J connectivity index is 3.68. The highest BCUT2D eigenvalue weighted by Crippen LogP contribution is 2.04. The van der Waals surface area contributed by atoms with Gasteiger partial charge in [0.1, 0.15) is 0 Å². The van der Waals surface area contributed by atoms with Gasteiger partial charge in [-0.05, 0) is 26.3 Å². The number of nitrogens with one attached hydrogen (secondary N) is 1. The van der Waals surface area contributed by atoms with Crippen molar-refractivity contribution in [3.63, 3.8) is 0 Å². The van der Waals surface area contributed by atoms with Gasteiger partial charge in [-0.2, -0.15) is 0 Å². The van der Waals surface area contributed by atoms with Gasteiger partial charge in [0.05, 0.1) is 6.10 Å². The average Bonchev–Trinajstić information content (AvgIpc) is 2.11. The predicted octanol–water partition coefficient (Wildman–Crippen LogP) is 2.19. The zero-order valence-corrected chi connectivity index (χ0v) is 8.89. The third kappa shape index (κ3) is 4.73. The van der Waals surface area contributed by atoms with E-state index in [9.17, 15) is 0 Å². The molecule has 0 aliphatic heterocycles. The summed E-state index contributed by atoms with van der Waals surface area (Å²) >= 11 is 0. The number of ether oxygens (including phenoxy) is 1. The molecule has 74 valence electrons. The average molecular weight is 173 g/mol. The zero-order valence-electron chi connectivity index (χ0n) is 8.89. The van der Waals surface area contributed by atoms with E-state index in [1.807, 2.05) is 0 Å². The summed E-state index contributed by atoms with van der Waals surface area (Å²) in [5.74, 6) is 0. The van der Waals surface area contributed by atoms with Crippen LogP contribution in [-0.2, 0) is 4.74 Å². The van der Waals surface area contributed by atoms with E-state index in [0.717, 1.165) is 6.54 Å². The van der Waals surface area contributed by atoms with Crippen molar-refractivity contribution in [1.29, 1.82) is 0 Å². The molecule has 0 saturated heterocycles. The van der Waals surface area contributed by atoms with Gasteiger partial charge in [-0.3, -0.25) is 0 Å². The molecule has 2 unspecified atom stereocenters. The summed E-state index contributed by atoms with van der Waals surface area (Å²) in [7, 11) is 1.78. The molecule has 2 heteroatoms. The normalized spacial score (nSPS) is 16.0. The highest BCUT2D eigenvalue weighted by Gasteiger charge is 2.13. The molecule has 0 radical (unpaired) electrons. The predicted molar refractivity (Wildman–Crippen MR) is 53.5 cm³/mol. The third-order valence-electron chi connectivity index (χ3n) is 2.19. The largest absolute Gasteiger partial charge is 0.380 e. The lowest BCUT2D eigenvalue weighted by Crippen LogP contribution is -2.39. The lowest BCUT2D eigenvalue weighted by Gasteiger charge is -2.23. The summed E-state index contributed by atoms with van der Waals surface area (Å²) < 4.78 is 5.30. The Labute approximate surface area is 76.7 Å². The summed E-state index contributed by atoms with van der Waals surface area (Å²) in [6.45, 7) is 7.62. The second-order valence-corrected chi connectivity index (χ2v) is 3.29. The molecule has 0 fully saturated rings. The first-order valence-corrected chi connectivity index (χ1v) is 5.02. The number of methoxy groups -OCH3 is 1. The minimum atomic E-state index is 0.330. The standard InChI is InChI=1S/C10H23NO/c1-5-7-10(9(3)12-4)11-8-6-2/h9-11H,5-8H2,1-4H3. The lowest BCUT2D eigenvalue weighted by atomic mass is 10.1. The number of hydrogen-bond acceptors (Lipinski definition) is 2. The van der Waals surface area contributed by atoms with E-state index in [0.29, 0.717) is 12.1 Å². The summed E-state index contributed by atoms with van der Waals surface area (Å²) in [5, 5.41) is 3.50. The zero-order chi connectivity index (χ0) is 9.40. The van der Waals surface area contributed by atoms with E-state index in [1.54, 1.807) is 7.11 Å². The van der Waals surface area contributed by atoms with Crippen molar-refractivity contribution in [2.45, 2.75) is 52.2 Å². The highest BCUT2D eigenvalue weighted by molar-refractivity contribution is 4.72. The summed E-state index contributed by atoms with van der Waals surface area (Å²) in [4.78, 5) is 0. The molecule has 2 atom stereocenters. The van der Waals surface area contributed by atoms with E-state index in [4.69, 9.17) is 4.74 Å². The maximum Gasteiger partial charge on any atom is 0.0696 e. The van der Waals surface area contributed by atoms with Gasteiger partial charge in [0.2, 0.25) is 0 Å². The van der Waals surface area contributed by atoms with Crippen LogP contribution in [0.1, 0.15) is 40.0 Å². The van der Waals surface area contributed by atoms with Crippen LogP contribution >= 0.6 is 0 Å². The van der Waals surface area contributed by atoms with Crippen molar-refractivity contribution < 1.29 is 4.74 Å². The summed E-state index contributed by atoms with van der Waals surface area (Å²) in [6.07, 6.45) is 3.94. The van der Waals surface area contributed by atoms with Crippen molar-refractivity contribution in [1.82, 2.24) is 5.32 Å². The number of hydrogen-bond donors (Lipinski definition) is 1. The Morgan fingerprint density at radius 2 is 1.92 bits per heavy atom. The molecule has 1 N–H and O–H groups in total. The van der Waals surface area contributed by atoms with Gasteiger partial charge >= 0.3 is 0 Å². The maximum absolute atomic E-state index is 5.30. The molecule has 0 heterocycles. The second kappa shape index (κ2) is 7.56. The van der Waals surface area contributed by atoms with Crippen LogP contribution in [0.4, 0.5) is 0 Å². The molecule has 0 aliphatic carbocycles. The molecule has 0 aromatic heterocycles. The molecule has 0 spiro atoms. The first-order chi connectivity index (χ1) is 5.76. The van der Waals surface area contributed by atoms with Crippen LogP contribution in [0.15, 0.2) is 0 Å². The van der Waals surface area contributed by atoms with E-state index < -0.39 is 0 Å². The summed E-state index contributed by atoms with van der Waals surface area (Å²) in [6, 6.07) is 0.528. The van der Waals surface area contributed by atoms with E-state index in [-0.39, 0.29) is 0 Å². The Morgan fingerprint density at radius 1 is 1.25 bits per heavy atom. The van der Waals surface area contributed by atoms with Crippen LogP contribution in [0, 0.1) is 0 Å². The van der Waals surface area contributed by atoms with Crippen LogP contribution in [0.25, 0.3) is 0 Å². The molecule has 12 heavy (non-hydrogen) atoms. The van der Waals surface area contributed by atoms with Gasteiger partial charge in [0, 0.05) is 13.2 Å². The molecule has 0 bridgehead atoms. The molecule has 2 nitrogen and oxygen atoms in total. The minimum absolute atomic E-state index is 0.330. The third-order valence-corrected chi connectivity index (χ3v) is 2.19. The lowest BCUT2D eigenvalue weighted by molar-refractivity contribution is 0.0798. The first kappa shape index (κ1) is 11.9. The van der Waals surface area contributed by atoms with Gasteiger partial charge in [0.15, 0.2) is 0 Å². The fourth-order valence-corrected chi connectivity index (χ4v) is 1.31. The van der Waals surface area contributed by atoms with Crippen molar-refractivity contribution in [2.75, 3.05) is 13.7 Å². The van der Waals surface area contributed by atoms with Gasteiger partial charge in [-0.1, -0.05) is 20.3 Å². The van der Waals surface area contributed by atoms with Gasteiger partial charge in [-0.15, -0.1) is 0 Å². The van der Waals surface area contributed by atoms with Crippen LogP contribution in [0.2, 0.25) is 0 Å². The summed E-state index contributed by atoms with van der Waals surface area (Å²) in [5.41, 5.74) is 0. The molecule has 0 aromatic carbocycles. The van der Waals surface area contributed by atoms with Crippen molar-refractivity contribution in [3.8, 4) is 0 Å². The van der Waals surface area contributed by atoms with E-state index in [2.05, 4.69) is 26.1 Å². The van der Waals surface area contributed by atoms with Gasteiger partial charge in [-0.25, -0.2) is 0 Å². The van der Waals surface area contributed by atoms with Crippen LogP contribution in [-0.4, -0.2) is 25.8 Å². The van der Waals surface area contributed by atoms with Gasteiger partial charge < -0.3 is 10.1 Å². The maximum atomic E-state index is 5.30. The van der Waals surface area contributed by atoms with Gasteiger partial charge in [0.25, 0.3) is 0 Å². The first-order valence-electron chi connectivity index (χ1n) is 5.02. The Kier molecular flexibility index (Phi) is 7.51. The number of rotatable bonds is 7. The van der Waals surface area contributed by atoms with Crippen LogP contribution in [0.5, 0.6) is 0 Å². The quantitative estimate of drug-likeness (QED) is 0.637. The van der Waals surface area contributed by atoms with Crippen LogP contribution < -0.4 is 5.32 Å².